The molecular formula is C40H42F4N4+2. The fraction of sp³-hybridized carbons (Fsp3) is 0.425. The van der Waals surface area contributed by atoms with Crippen LogP contribution in [0.25, 0.3) is 33.4 Å². The van der Waals surface area contributed by atoms with Gasteiger partial charge < -0.3 is 0 Å². The Morgan fingerprint density at radius 1 is 0.979 bits per heavy atom. The monoisotopic (exact) mass is 654 g/mol. The Kier molecular flexibility index (Phi) is 6.97. The molecule has 2 atom stereocenters. The van der Waals surface area contributed by atoms with E-state index in [4.69, 9.17) is 0 Å². The second-order valence-electron chi connectivity index (χ2n) is 14.6. The highest BCUT2D eigenvalue weighted by Gasteiger charge is 2.54. The largest absolute Gasteiger partial charge is 0.435 e. The third-order valence-corrected chi connectivity index (χ3v) is 12.0. The molecule has 2 unspecified atom stereocenters. The average molecular weight is 655 g/mol. The molecule has 0 radical (unpaired) electrons. The number of hydrogen-bond donors (Lipinski definition) is 0. The molecule has 0 saturated carbocycles. The maximum absolute atomic E-state index is 16.5. The van der Waals surface area contributed by atoms with E-state index < -0.39 is 17.3 Å². The van der Waals surface area contributed by atoms with Gasteiger partial charge in [-0.1, -0.05) is 59.2 Å². The van der Waals surface area contributed by atoms with Crippen molar-refractivity contribution in [3.05, 3.63) is 101 Å². The normalized spacial score (nSPS) is 19.9. The molecule has 0 spiro atoms. The summed E-state index contributed by atoms with van der Waals surface area (Å²) in [4.78, 5) is 0. The van der Waals surface area contributed by atoms with E-state index >= 15 is 4.39 Å². The minimum absolute atomic E-state index is 0.132. The third kappa shape index (κ3) is 4.23. The van der Waals surface area contributed by atoms with Gasteiger partial charge in [-0.15, -0.1) is 0 Å². The predicted molar refractivity (Wildman–Crippen MR) is 178 cm³/mol. The van der Waals surface area contributed by atoms with Crippen molar-refractivity contribution in [2.45, 2.75) is 109 Å². The fourth-order valence-electron chi connectivity index (χ4n) is 9.39. The molecule has 4 nitrogen and oxygen atoms in total. The highest BCUT2D eigenvalue weighted by molar-refractivity contribution is 6.02. The van der Waals surface area contributed by atoms with Gasteiger partial charge >= 0.3 is 6.18 Å². The van der Waals surface area contributed by atoms with Crippen molar-refractivity contribution in [2.75, 3.05) is 0 Å². The Morgan fingerprint density at radius 2 is 1.77 bits per heavy atom. The number of alkyl halides is 3. The van der Waals surface area contributed by atoms with Crippen LogP contribution in [0.3, 0.4) is 0 Å². The summed E-state index contributed by atoms with van der Waals surface area (Å²) in [6, 6.07) is 17.0. The first kappa shape index (κ1) is 31.2. The first-order chi connectivity index (χ1) is 22.9. The van der Waals surface area contributed by atoms with Crippen molar-refractivity contribution < 1.29 is 26.7 Å². The number of aromatic nitrogens is 4. The highest BCUT2D eigenvalue weighted by Crippen LogP contribution is 2.56. The topological polar surface area (TPSA) is 25.6 Å². The van der Waals surface area contributed by atoms with Gasteiger partial charge in [-0.25, -0.2) is 4.39 Å². The zero-order valence-electron chi connectivity index (χ0n) is 28.3. The first-order valence-electron chi connectivity index (χ1n) is 17.4. The van der Waals surface area contributed by atoms with E-state index in [1.165, 1.54) is 16.3 Å². The maximum atomic E-state index is 16.5. The molecule has 8 rings (SSSR count). The Hall–Kier alpha value is -4.07. The zero-order chi connectivity index (χ0) is 33.7. The molecule has 8 heteroatoms. The van der Waals surface area contributed by atoms with Crippen molar-refractivity contribution in [1.82, 2.24) is 9.78 Å². The molecule has 0 saturated heterocycles. The summed E-state index contributed by atoms with van der Waals surface area (Å²) in [5, 5.41) is 6.56. The van der Waals surface area contributed by atoms with Crippen molar-refractivity contribution in [2.24, 2.45) is 0 Å². The van der Waals surface area contributed by atoms with Gasteiger partial charge in [-0.2, -0.15) is 27.4 Å². The number of nitrogens with zero attached hydrogens (tertiary/aromatic N) is 4. The van der Waals surface area contributed by atoms with Crippen molar-refractivity contribution in [3.63, 3.8) is 0 Å². The number of unbranched alkanes of at least 4 members (excludes halogenated alkanes) is 1. The van der Waals surface area contributed by atoms with E-state index in [1.54, 1.807) is 10.7 Å². The molecule has 48 heavy (non-hydrogen) atoms. The number of benzene rings is 2. The predicted octanol–water partition coefficient (Wildman–Crippen LogP) is 9.34. The van der Waals surface area contributed by atoms with Gasteiger partial charge in [0.2, 0.25) is 11.4 Å². The summed E-state index contributed by atoms with van der Waals surface area (Å²) in [5.74, 6) is -0.351. The van der Waals surface area contributed by atoms with E-state index in [0.717, 1.165) is 67.0 Å². The molecule has 2 aliphatic heterocycles. The number of aryl methyl sites for hydroxylation is 1. The number of pyridine rings is 2. The molecule has 248 valence electrons. The Balaban J connectivity index is 1.44. The van der Waals surface area contributed by atoms with Gasteiger partial charge in [0.25, 0.3) is 0 Å². The first-order valence-corrected chi connectivity index (χ1v) is 17.4. The number of halogens is 4. The molecular weight excluding hydrogens is 612 g/mol. The number of fused-ring (bicyclic) bond motifs is 3. The van der Waals surface area contributed by atoms with Crippen LogP contribution < -0.4 is 9.13 Å². The van der Waals surface area contributed by atoms with Crippen LogP contribution in [-0.4, -0.2) is 9.78 Å². The third-order valence-electron chi connectivity index (χ3n) is 12.0. The average Bonchev–Trinajstić information content (AvgIpc) is 3.48. The van der Waals surface area contributed by atoms with Crippen LogP contribution in [0.15, 0.2) is 67.0 Å². The van der Waals surface area contributed by atoms with E-state index in [0.29, 0.717) is 17.0 Å². The Bertz CT molecular complexity index is 2100. The van der Waals surface area contributed by atoms with Gasteiger partial charge in [0.1, 0.15) is 18.1 Å². The fourth-order valence-corrected chi connectivity index (χ4v) is 9.39. The molecule has 0 amide bonds. The molecule has 2 aromatic carbocycles. The van der Waals surface area contributed by atoms with Gasteiger partial charge in [-0.05, 0) is 47.1 Å². The number of hydrogen-bond acceptors (Lipinski definition) is 1. The quantitative estimate of drug-likeness (QED) is 0.132. The number of rotatable bonds is 6. The second-order valence-corrected chi connectivity index (χ2v) is 14.6. The van der Waals surface area contributed by atoms with Crippen LogP contribution in [0, 0.1) is 5.82 Å². The van der Waals surface area contributed by atoms with Crippen molar-refractivity contribution in [3.8, 4) is 22.6 Å². The lowest BCUT2D eigenvalue weighted by molar-refractivity contribution is -0.760. The molecule has 3 aromatic heterocycles. The second kappa shape index (κ2) is 10.7. The smallest absolute Gasteiger partial charge is 0.251 e. The van der Waals surface area contributed by atoms with Crippen molar-refractivity contribution in [1.29, 1.82) is 0 Å². The molecule has 0 N–H and O–H groups in total. The SMILES string of the molecule is CCCCc1ccc2c3c4[n+](ccc13)C(CC)(CC)CC(C1Cn3nc(C(F)(F)F)cc3-c3cccc[n+]31)c1ccc(F)c(c1-4)C2(C)C. The van der Waals surface area contributed by atoms with Crippen LogP contribution in [0.2, 0.25) is 0 Å². The lowest BCUT2D eigenvalue weighted by atomic mass is 9.67. The van der Waals surface area contributed by atoms with Gasteiger partial charge in [0, 0.05) is 54.5 Å². The Morgan fingerprint density at radius 3 is 2.50 bits per heavy atom. The van der Waals surface area contributed by atoms with Gasteiger partial charge in [-0.3, -0.25) is 4.68 Å². The highest BCUT2D eigenvalue weighted by atomic mass is 19.4. The summed E-state index contributed by atoms with van der Waals surface area (Å²) in [7, 11) is 0. The molecule has 0 fully saturated rings. The minimum atomic E-state index is -4.55. The molecule has 5 heterocycles. The zero-order valence-corrected chi connectivity index (χ0v) is 28.3. The summed E-state index contributed by atoms with van der Waals surface area (Å²) < 4.78 is 64.5. The van der Waals surface area contributed by atoms with Crippen LogP contribution >= 0.6 is 0 Å². The van der Waals surface area contributed by atoms with Gasteiger partial charge in [0.05, 0.1) is 16.9 Å². The van der Waals surface area contributed by atoms with Gasteiger partial charge in [0.15, 0.2) is 29.7 Å². The van der Waals surface area contributed by atoms with E-state index in [-0.39, 0.29) is 29.9 Å². The van der Waals surface area contributed by atoms with E-state index in [9.17, 15) is 13.2 Å². The lowest BCUT2D eigenvalue weighted by Crippen LogP contribution is -2.58. The minimum Gasteiger partial charge on any atom is -0.251 e. The maximum Gasteiger partial charge on any atom is 0.435 e. The van der Waals surface area contributed by atoms with Crippen LogP contribution in [0.4, 0.5) is 17.6 Å². The van der Waals surface area contributed by atoms with E-state index in [1.807, 2.05) is 30.5 Å². The molecule has 3 aliphatic rings. The van der Waals surface area contributed by atoms with Crippen LogP contribution in [0.1, 0.15) is 107 Å². The summed E-state index contributed by atoms with van der Waals surface area (Å²) in [6.45, 7) is 11.2. The summed E-state index contributed by atoms with van der Waals surface area (Å²) in [6.07, 6.45) is 5.33. The summed E-state index contributed by atoms with van der Waals surface area (Å²) in [5.41, 5.74) is 5.64. The van der Waals surface area contributed by atoms with Crippen molar-refractivity contribution >= 4 is 10.8 Å². The molecule has 1 aliphatic carbocycles. The van der Waals surface area contributed by atoms with Crippen LogP contribution in [0.5, 0.6) is 0 Å². The lowest BCUT2D eigenvalue weighted by Gasteiger charge is -2.36. The molecule has 5 aromatic rings. The Labute approximate surface area is 279 Å². The van der Waals surface area contributed by atoms with E-state index in [2.05, 4.69) is 73.2 Å². The molecule has 0 bridgehead atoms. The van der Waals surface area contributed by atoms with Crippen LogP contribution in [-0.2, 0) is 30.1 Å². The standard InChI is InChI=1S/C40H42F4N4/c1-6-9-12-24-14-16-28-34-25(24)18-20-47-37(34)35-26(15-17-29(41)36(35)38(28,4)5)27(22-39(47,7-2)8-3)32-23-48-31(21-33(45-48)40(42,43)44)30-13-10-11-19-46(30)32/h10-11,13-21,27,32H,6-9,12,22-23H2,1-5H3/q+2. The summed E-state index contributed by atoms with van der Waals surface area (Å²) >= 11 is 0.